The van der Waals surface area contributed by atoms with Gasteiger partial charge in [-0.15, -0.1) is 0 Å². The number of hydrogen-bond donors (Lipinski definition) is 4. The average Bonchev–Trinajstić information content (AvgIpc) is 2.63. The first kappa shape index (κ1) is 17.0. The lowest BCUT2D eigenvalue weighted by molar-refractivity contribution is 0.261. The van der Waals surface area contributed by atoms with Crippen molar-refractivity contribution < 1.29 is 9.59 Å². The lowest BCUT2D eigenvalue weighted by Gasteiger charge is -2.10. The Morgan fingerprint density at radius 1 is 0.538 bits per heavy atom. The molecule has 0 unspecified atom stereocenters. The summed E-state index contributed by atoms with van der Waals surface area (Å²) in [4.78, 5) is 28.2. The van der Waals surface area contributed by atoms with E-state index in [1.165, 1.54) is 0 Å². The van der Waals surface area contributed by atoms with Crippen molar-refractivity contribution in [1.29, 1.82) is 0 Å². The van der Waals surface area contributed by atoms with Gasteiger partial charge >= 0.3 is 12.1 Å². The Labute approximate surface area is 150 Å². The Hall–Kier alpha value is -3.87. The van der Waals surface area contributed by atoms with Gasteiger partial charge in [0.25, 0.3) is 0 Å². The SMILES string of the molecule is O=C(Nc1ccccc1)Nc1cccc(NC(=O)Nc2ccccc2)n1. The van der Waals surface area contributed by atoms with Crippen molar-refractivity contribution in [2.45, 2.75) is 0 Å². The summed E-state index contributed by atoms with van der Waals surface area (Å²) in [5.74, 6) is 0.631. The summed E-state index contributed by atoms with van der Waals surface area (Å²) in [6.45, 7) is 0. The van der Waals surface area contributed by atoms with Crippen LogP contribution in [0.25, 0.3) is 0 Å². The van der Waals surface area contributed by atoms with Gasteiger partial charge in [-0.05, 0) is 36.4 Å². The van der Waals surface area contributed by atoms with E-state index >= 15 is 0 Å². The summed E-state index contributed by atoms with van der Waals surface area (Å²) >= 11 is 0. The molecule has 3 rings (SSSR count). The first-order chi connectivity index (χ1) is 12.7. The number of benzene rings is 2. The van der Waals surface area contributed by atoms with Gasteiger partial charge in [0, 0.05) is 11.4 Å². The number of carbonyl (C=O) groups excluding carboxylic acids is 2. The zero-order valence-electron chi connectivity index (χ0n) is 13.8. The van der Waals surface area contributed by atoms with Gasteiger partial charge in [0.05, 0.1) is 0 Å². The van der Waals surface area contributed by atoms with Crippen molar-refractivity contribution in [1.82, 2.24) is 4.98 Å². The molecule has 3 aromatic rings. The number of pyridine rings is 1. The van der Waals surface area contributed by atoms with E-state index in [0.29, 0.717) is 23.0 Å². The Balaban J connectivity index is 1.57. The molecule has 0 fully saturated rings. The largest absolute Gasteiger partial charge is 0.324 e. The van der Waals surface area contributed by atoms with E-state index in [9.17, 15) is 9.59 Å². The van der Waals surface area contributed by atoms with Gasteiger partial charge in [-0.2, -0.15) is 0 Å². The molecule has 1 heterocycles. The fraction of sp³-hybridized carbons (Fsp3) is 0. The third-order valence-corrected chi connectivity index (χ3v) is 3.30. The van der Waals surface area contributed by atoms with Crippen LogP contribution in [0.4, 0.5) is 32.6 Å². The summed E-state index contributed by atoms with van der Waals surface area (Å²) in [5.41, 5.74) is 1.34. The van der Waals surface area contributed by atoms with Crippen LogP contribution >= 0.6 is 0 Å². The van der Waals surface area contributed by atoms with Gasteiger partial charge in [0.1, 0.15) is 11.6 Å². The molecule has 0 saturated heterocycles. The van der Waals surface area contributed by atoms with Crippen molar-refractivity contribution in [3.63, 3.8) is 0 Å². The number of nitrogens with zero attached hydrogens (tertiary/aromatic N) is 1. The molecule has 26 heavy (non-hydrogen) atoms. The van der Waals surface area contributed by atoms with Crippen molar-refractivity contribution in [3.05, 3.63) is 78.9 Å². The minimum atomic E-state index is -0.422. The minimum Gasteiger partial charge on any atom is -0.308 e. The summed E-state index contributed by atoms with van der Waals surface area (Å²) in [6, 6.07) is 22.2. The third-order valence-electron chi connectivity index (χ3n) is 3.30. The highest BCUT2D eigenvalue weighted by atomic mass is 16.2. The van der Waals surface area contributed by atoms with Crippen molar-refractivity contribution in [2.75, 3.05) is 21.3 Å². The van der Waals surface area contributed by atoms with E-state index in [1.807, 2.05) is 36.4 Å². The zero-order chi connectivity index (χ0) is 18.2. The second-order valence-electron chi connectivity index (χ2n) is 5.30. The zero-order valence-corrected chi connectivity index (χ0v) is 13.8. The second kappa shape index (κ2) is 8.29. The second-order valence-corrected chi connectivity index (χ2v) is 5.30. The van der Waals surface area contributed by atoms with Gasteiger partial charge in [-0.1, -0.05) is 42.5 Å². The molecule has 7 nitrogen and oxygen atoms in total. The van der Waals surface area contributed by atoms with Gasteiger partial charge in [-0.3, -0.25) is 10.6 Å². The molecule has 4 N–H and O–H groups in total. The molecule has 4 amide bonds. The van der Waals surface area contributed by atoms with E-state index < -0.39 is 12.1 Å². The third kappa shape index (κ3) is 5.07. The monoisotopic (exact) mass is 347 g/mol. The average molecular weight is 347 g/mol. The van der Waals surface area contributed by atoms with Crippen LogP contribution < -0.4 is 21.3 Å². The van der Waals surface area contributed by atoms with Crippen LogP contribution in [0, 0.1) is 0 Å². The molecule has 0 saturated carbocycles. The molecule has 1 aromatic heterocycles. The molecular formula is C19H17N5O2. The number of nitrogens with one attached hydrogen (secondary N) is 4. The standard InChI is InChI=1S/C19H17N5O2/c25-18(20-14-8-3-1-4-9-14)23-16-12-7-13-17(22-16)24-19(26)21-15-10-5-2-6-11-15/h1-13H,(H4,20,21,22,23,24,25,26). The van der Waals surface area contributed by atoms with Gasteiger partial charge in [0.2, 0.25) is 0 Å². The van der Waals surface area contributed by atoms with Crippen molar-refractivity contribution in [2.24, 2.45) is 0 Å². The molecule has 0 aliphatic carbocycles. The molecule has 0 aliphatic rings. The highest BCUT2D eigenvalue weighted by Gasteiger charge is 2.07. The summed E-state index contributed by atoms with van der Waals surface area (Å²) in [6.07, 6.45) is 0. The number of amides is 4. The van der Waals surface area contributed by atoms with Gasteiger partial charge < -0.3 is 10.6 Å². The minimum absolute atomic E-state index is 0.316. The Bertz CT molecular complexity index is 814. The molecular weight excluding hydrogens is 330 g/mol. The number of aromatic nitrogens is 1. The van der Waals surface area contributed by atoms with Gasteiger partial charge in [-0.25, -0.2) is 14.6 Å². The predicted molar refractivity (Wildman–Crippen MR) is 102 cm³/mol. The van der Waals surface area contributed by atoms with Crippen LogP contribution in [0.15, 0.2) is 78.9 Å². The maximum Gasteiger partial charge on any atom is 0.324 e. The van der Waals surface area contributed by atoms with Crippen LogP contribution in [0.5, 0.6) is 0 Å². The van der Waals surface area contributed by atoms with Crippen LogP contribution in [0.1, 0.15) is 0 Å². The van der Waals surface area contributed by atoms with Crippen LogP contribution in [-0.4, -0.2) is 17.0 Å². The normalized spacial score (nSPS) is 9.85. The fourth-order valence-electron chi connectivity index (χ4n) is 2.17. The number of carbonyl (C=O) groups is 2. The Kier molecular flexibility index (Phi) is 5.41. The van der Waals surface area contributed by atoms with E-state index in [2.05, 4.69) is 26.3 Å². The maximum absolute atomic E-state index is 12.0. The lowest BCUT2D eigenvalue weighted by Crippen LogP contribution is -2.22. The number of anilines is 4. The first-order valence-corrected chi connectivity index (χ1v) is 7.92. The molecule has 0 atom stereocenters. The number of urea groups is 2. The quantitative estimate of drug-likeness (QED) is 0.564. The van der Waals surface area contributed by atoms with Crippen LogP contribution in [0.3, 0.4) is 0 Å². The number of para-hydroxylation sites is 2. The highest BCUT2D eigenvalue weighted by molar-refractivity contribution is 6.00. The van der Waals surface area contributed by atoms with E-state index in [0.717, 1.165) is 0 Å². The molecule has 0 spiro atoms. The molecule has 2 aromatic carbocycles. The Morgan fingerprint density at radius 2 is 0.962 bits per heavy atom. The van der Waals surface area contributed by atoms with E-state index in [1.54, 1.807) is 42.5 Å². The van der Waals surface area contributed by atoms with Crippen LogP contribution in [-0.2, 0) is 0 Å². The number of hydrogen-bond acceptors (Lipinski definition) is 3. The molecule has 130 valence electrons. The van der Waals surface area contributed by atoms with Crippen molar-refractivity contribution in [3.8, 4) is 0 Å². The predicted octanol–water partition coefficient (Wildman–Crippen LogP) is 4.37. The fourth-order valence-corrected chi connectivity index (χ4v) is 2.17. The van der Waals surface area contributed by atoms with E-state index in [-0.39, 0.29) is 0 Å². The molecule has 0 bridgehead atoms. The summed E-state index contributed by atoms with van der Waals surface area (Å²) in [7, 11) is 0. The first-order valence-electron chi connectivity index (χ1n) is 7.92. The highest BCUT2D eigenvalue weighted by Crippen LogP contribution is 2.12. The van der Waals surface area contributed by atoms with E-state index in [4.69, 9.17) is 0 Å². The maximum atomic E-state index is 12.0. The molecule has 0 aliphatic heterocycles. The van der Waals surface area contributed by atoms with Crippen LogP contribution in [0.2, 0.25) is 0 Å². The summed E-state index contributed by atoms with van der Waals surface area (Å²) in [5, 5.41) is 10.6. The molecule has 7 heteroatoms. The lowest BCUT2D eigenvalue weighted by atomic mass is 10.3. The molecule has 0 radical (unpaired) electrons. The summed E-state index contributed by atoms with van der Waals surface area (Å²) < 4.78 is 0. The van der Waals surface area contributed by atoms with Gasteiger partial charge in [0.15, 0.2) is 0 Å². The topological polar surface area (TPSA) is 95.2 Å². The smallest absolute Gasteiger partial charge is 0.308 e. The van der Waals surface area contributed by atoms with Crippen molar-refractivity contribution >= 4 is 35.1 Å². The number of rotatable bonds is 4. The Morgan fingerprint density at radius 3 is 1.38 bits per heavy atom.